The lowest BCUT2D eigenvalue weighted by molar-refractivity contribution is -0.368. The summed E-state index contributed by atoms with van der Waals surface area (Å²) in [7, 11) is 0. The van der Waals surface area contributed by atoms with Crippen LogP contribution >= 0.6 is 0 Å². The first-order valence-corrected chi connectivity index (χ1v) is 5.38. The van der Waals surface area contributed by atoms with Crippen molar-refractivity contribution >= 4 is 0 Å². The van der Waals surface area contributed by atoms with Crippen LogP contribution in [0.2, 0.25) is 0 Å². The number of ether oxygens (including phenoxy) is 1. The van der Waals surface area contributed by atoms with Gasteiger partial charge in [0.25, 0.3) is 5.83 Å². The lowest BCUT2D eigenvalue weighted by Gasteiger charge is -2.40. The van der Waals surface area contributed by atoms with E-state index in [4.69, 9.17) is 0 Å². The van der Waals surface area contributed by atoms with E-state index >= 15 is 0 Å². The molecule has 112 valence electrons. The van der Waals surface area contributed by atoms with Gasteiger partial charge < -0.3 is 0 Å². The highest BCUT2D eigenvalue weighted by Gasteiger charge is 2.61. The van der Waals surface area contributed by atoms with E-state index in [1.54, 1.807) is 0 Å². The first kappa shape index (κ1) is 16.2. The second-order valence-electron chi connectivity index (χ2n) is 4.25. The van der Waals surface area contributed by atoms with Gasteiger partial charge in [0.2, 0.25) is 0 Å². The highest BCUT2D eigenvalue weighted by molar-refractivity contribution is 5.03. The molecule has 1 aliphatic carbocycles. The quantitative estimate of drug-likeness (QED) is 0.671. The zero-order valence-electron chi connectivity index (χ0n) is 9.47. The lowest BCUT2D eigenvalue weighted by Crippen LogP contribution is -2.53. The van der Waals surface area contributed by atoms with Gasteiger partial charge >= 0.3 is 18.4 Å². The van der Waals surface area contributed by atoms with Crippen molar-refractivity contribution in [2.75, 3.05) is 0 Å². The third-order valence-corrected chi connectivity index (χ3v) is 2.92. The Morgan fingerprint density at radius 3 is 1.68 bits per heavy atom. The standard InChI is InChI=1S/C10H10F8O/c11-6(7(12)13)9(14,15)19-8(10(16,17)18)4-2-1-3-5-8/h1-5H2. The fraction of sp³-hybridized carbons (Fsp3) is 0.800. The number of hydrogen-bond donors (Lipinski definition) is 0. The van der Waals surface area contributed by atoms with Crippen LogP contribution in [0.5, 0.6) is 0 Å². The second-order valence-corrected chi connectivity index (χ2v) is 4.25. The molecule has 19 heavy (non-hydrogen) atoms. The van der Waals surface area contributed by atoms with Gasteiger partial charge in [0.1, 0.15) is 0 Å². The van der Waals surface area contributed by atoms with Gasteiger partial charge in [-0.05, 0) is 12.8 Å². The molecular weight excluding hydrogens is 288 g/mol. The van der Waals surface area contributed by atoms with Gasteiger partial charge in [-0.15, -0.1) is 0 Å². The zero-order chi connectivity index (χ0) is 14.9. The average molecular weight is 298 g/mol. The van der Waals surface area contributed by atoms with Crippen LogP contribution in [0.1, 0.15) is 32.1 Å². The molecule has 0 saturated heterocycles. The van der Waals surface area contributed by atoms with Crippen molar-refractivity contribution < 1.29 is 39.9 Å². The topological polar surface area (TPSA) is 9.23 Å². The summed E-state index contributed by atoms with van der Waals surface area (Å²) in [6.07, 6.45) is -15.3. The van der Waals surface area contributed by atoms with E-state index in [9.17, 15) is 35.1 Å². The van der Waals surface area contributed by atoms with Gasteiger partial charge in [-0.2, -0.15) is 35.1 Å². The highest BCUT2D eigenvalue weighted by Crippen LogP contribution is 2.48. The monoisotopic (exact) mass is 298 g/mol. The Morgan fingerprint density at radius 1 is 0.842 bits per heavy atom. The Hall–Kier alpha value is -0.860. The molecule has 0 aromatic rings. The Balaban J connectivity index is 3.06. The van der Waals surface area contributed by atoms with Crippen molar-refractivity contribution in [3.05, 3.63) is 11.9 Å². The maximum Gasteiger partial charge on any atom is 0.417 e. The van der Waals surface area contributed by atoms with E-state index in [2.05, 4.69) is 4.74 Å². The Morgan fingerprint density at radius 2 is 1.32 bits per heavy atom. The van der Waals surface area contributed by atoms with Gasteiger partial charge in [-0.1, -0.05) is 19.3 Å². The Labute approximate surface area is 103 Å². The normalized spacial score (nSPS) is 20.2. The number of rotatable bonds is 3. The smallest absolute Gasteiger partial charge is 0.298 e. The summed E-state index contributed by atoms with van der Waals surface area (Å²) < 4.78 is 104. The van der Waals surface area contributed by atoms with Crippen LogP contribution in [0.3, 0.4) is 0 Å². The van der Waals surface area contributed by atoms with Crippen molar-refractivity contribution in [3.8, 4) is 0 Å². The summed E-state index contributed by atoms with van der Waals surface area (Å²) >= 11 is 0. The van der Waals surface area contributed by atoms with Gasteiger partial charge in [0, 0.05) is 0 Å². The van der Waals surface area contributed by atoms with Crippen molar-refractivity contribution in [1.29, 1.82) is 0 Å². The third-order valence-electron chi connectivity index (χ3n) is 2.92. The molecule has 0 bridgehead atoms. The predicted octanol–water partition coefficient (Wildman–Crippen LogP) is 4.94. The van der Waals surface area contributed by atoms with Crippen LogP contribution in [-0.2, 0) is 4.74 Å². The Bertz CT molecular complexity index is 349. The van der Waals surface area contributed by atoms with Gasteiger partial charge in [-0.25, -0.2) is 0 Å². The largest absolute Gasteiger partial charge is 0.417 e. The minimum atomic E-state index is -5.30. The molecule has 1 saturated carbocycles. The molecular formula is C10H10F8O. The van der Waals surface area contributed by atoms with Crippen LogP contribution in [0.4, 0.5) is 35.1 Å². The molecule has 9 heteroatoms. The summed E-state index contributed by atoms with van der Waals surface area (Å²) in [6.45, 7) is 0. The first-order chi connectivity index (χ1) is 8.52. The molecule has 1 aliphatic rings. The van der Waals surface area contributed by atoms with Crippen molar-refractivity contribution in [1.82, 2.24) is 0 Å². The van der Waals surface area contributed by atoms with E-state index in [0.717, 1.165) is 0 Å². The van der Waals surface area contributed by atoms with Crippen LogP contribution in [0.25, 0.3) is 0 Å². The summed E-state index contributed by atoms with van der Waals surface area (Å²) in [4.78, 5) is 0. The lowest BCUT2D eigenvalue weighted by atomic mass is 9.84. The van der Waals surface area contributed by atoms with Crippen molar-refractivity contribution in [2.45, 2.75) is 50.0 Å². The molecule has 0 amide bonds. The average Bonchev–Trinajstić information content (AvgIpc) is 2.27. The van der Waals surface area contributed by atoms with E-state index in [-0.39, 0.29) is 12.8 Å². The maximum absolute atomic E-state index is 13.0. The number of alkyl halides is 5. The molecule has 0 aromatic carbocycles. The van der Waals surface area contributed by atoms with Crippen LogP contribution < -0.4 is 0 Å². The van der Waals surface area contributed by atoms with E-state index < -0.39 is 42.6 Å². The van der Waals surface area contributed by atoms with E-state index in [0.29, 0.717) is 6.42 Å². The number of halogens is 8. The van der Waals surface area contributed by atoms with Gasteiger partial charge in [0.15, 0.2) is 5.60 Å². The van der Waals surface area contributed by atoms with Gasteiger partial charge in [-0.3, -0.25) is 4.74 Å². The van der Waals surface area contributed by atoms with E-state index in [1.807, 2.05) is 0 Å². The molecule has 1 fully saturated rings. The Kier molecular flexibility index (Phi) is 4.48. The fourth-order valence-corrected chi connectivity index (χ4v) is 1.97. The molecule has 0 spiro atoms. The molecule has 0 radical (unpaired) electrons. The SMILES string of the molecule is FC(F)=C(F)C(F)(F)OC1(C(F)(F)F)CCCCC1. The predicted molar refractivity (Wildman–Crippen MR) is 48.3 cm³/mol. The summed E-state index contributed by atoms with van der Waals surface area (Å²) in [6, 6.07) is 0. The molecule has 0 heterocycles. The summed E-state index contributed by atoms with van der Waals surface area (Å²) in [5, 5.41) is 0. The minimum Gasteiger partial charge on any atom is -0.298 e. The molecule has 0 N–H and O–H groups in total. The van der Waals surface area contributed by atoms with Crippen molar-refractivity contribution in [2.24, 2.45) is 0 Å². The minimum absolute atomic E-state index is 0.0565. The molecule has 0 aliphatic heterocycles. The highest BCUT2D eigenvalue weighted by atomic mass is 19.4. The van der Waals surface area contributed by atoms with E-state index in [1.165, 1.54) is 0 Å². The molecule has 1 nitrogen and oxygen atoms in total. The van der Waals surface area contributed by atoms with Gasteiger partial charge in [0.05, 0.1) is 0 Å². The second kappa shape index (κ2) is 5.26. The molecule has 0 atom stereocenters. The maximum atomic E-state index is 13.0. The van der Waals surface area contributed by atoms with Crippen LogP contribution in [-0.4, -0.2) is 17.9 Å². The number of hydrogen-bond acceptors (Lipinski definition) is 1. The molecule has 1 rings (SSSR count). The fourth-order valence-electron chi connectivity index (χ4n) is 1.97. The molecule has 0 aromatic heterocycles. The summed E-state index contributed by atoms with van der Waals surface area (Å²) in [5.74, 6) is -3.29. The van der Waals surface area contributed by atoms with Crippen LogP contribution in [0.15, 0.2) is 11.9 Å². The third kappa shape index (κ3) is 3.37. The van der Waals surface area contributed by atoms with Crippen molar-refractivity contribution in [3.63, 3.8) is 0 Å². The molecule has 0 unspecified atom stereocenters. The summed E-state index contributed by atoms with van der Waals surface area (Å²) in [5.41, 5.74) is -3.29. The zero-order valence-corrected chi connectivity index (χ0v) is 9.47. The first-order valence-electron chi connectivity index (χ1n) is 5.38. The van der Waals surface area contributed by atoms with Crippen LogP contribution in [0, 0.1) is 0 Å².